The predicted octanol–water partition coefficient (Wildman–Crippen LogP) is 0.673. The Morgan fingerprint density at radius 1 is 1.71 bits per heavy atom. The van der Waals surface area contributed by atoms with E-state index in [1.807, 2.05) is 0 Å². The molecule has 0 radical (unpaired) electrons. The number of carbonyl (C=O) groups is 1. The van der Waals surface area contributed by atoms with Crippen LogP contribution in [0.2, 0.25) is 0 Å². The van der Waals surface area contributed by atoms with Crippen LogP contribution in [0, 0.1) is 0 Å². The predicted molar refractivity (Wildman–Crippen MR) is 45.6 cm³/mol. The number of fused-ring (bicyclic) bond motifs is 1. The van der Waals surface area contributed by atoms with Gasteiger partial charge in [-0.05, 0) is 19.3 Å². The molecule has 1 unspecified atom stereocenters. The summed E-state index contributed by atoms with van der Waals surface area (Å²) >= 11 is 0. The molecule has 1 atom stereocenters. The van der Waals surface area contributed by atoms with Crippen molar-refractivity contribution < 1.29 is 19.5 Å². The molecule has 0 amide bonds. The van der Waals surface area contributed by atoms with Crippen LogP contribution in [0.25, 0.3) is 0 Å². The Labute approximate surface area is 80.3 Å². The zero-order valence-corrected chi connectivity index (χ0v) is 7.56. The van der Waals surface area contributed by atoms with E-state index in [-0.39, 0.29) is 6.42 Å². The van der Waals surface area contributed by atoms with Crippen molar-refractivity contribution in [3.8, 4) is 0 Å². The molecule has 0 saturated heterocycles. The molecule has 14 heavy (non-hydrogen) atoms. The Balaban J connectivity index is 2.34. The van der Waals surface area contributed by atoms with Crippen LogP contribution in [0.4, 0.5) is 0 Å². The molecule has 1 aromatic rings. The lowest BCUT2D eigenvalue weighted by Crippen LogP contribution is -2.32. The molecule has 0 aliphatic heterocycles. The van der Waals surface area contributed by atoms with E-state index in [1.165, 1.54) is 0 Å². The molecule has 76 valence electrons. The van der Waals surface area contributed by atoms with Crippen molar-refractivity contribution in [2.24, 2.45) is 0 Å². The molecule has 2 N–H and O–H groups in total. The highest BCUT2D eigenvalue weighted by Gasteiger charge is 2.40. The quantitative estimate of drug-likeness (QED) is 0.728. The highest BCUT2D eigenvalue weighted by Crippen LogP contribution is 2.37. The first kappa shape index (κ1) is 9.21. The van der Waals surface area contributed by atoms with Gasteiger partial charge in [-0.15, -0.1) is 0 Å². The normalized spacial score (nSPS) is 25.8. The fourth-order valence-electron chi connectivity index (χ4n) is 1.93. The van der Waals surface area contributed by atoms with E-state index in [2.05, 4.69) is 5.16 Å². The molecule has 1 aromatic heterocycles. The van der Waals surface area contributed by atoms with Crippen molar-refractivity contribution in [2.45, 2.75) is 31.3 Å². The first-order valence-corrected chi connectivity index (χ1v) is 4.50. The van der Waals surface area contributed by atoms with Crippen LogP contribution in [-0.2, 0) is 16.8 Å². The van der Waals surface area contributed by atoms with E-state index in [0.29, 0.717) is 12.2 Å². The molecule has 1 aliphatic carbocycles. The number of aliphatic carboxylic acids is 1. The van der Waals surface area contributed by atoms with Crippen molar-refractivity contribution in [1.29, 1.82) is 0 Å². The van der Waals surface area contributed by atoms with Gasteiger partial charge >= 0.3 is 5.97 Å². The lowest BCUT2D eigenvalue weighted by atomic mass is 9.82. The number of hydrogen-bond donors (Lipinski definition) is 2. The average molecular weight is 197 g/mol. The van der Waals surface area contributed by atoms with Crippen molar-refractivity contribution >= 4 is 5.97 Å². The molecule has 0 saturated carbocycles. The van der Waals surface area contributed by atoms with Gasteiger partial charge in [-0.3, -0.25) is 4.79 Å². The van der Waals surface area contributed by atoms with Gasteiger partial charge in [0.05, 0.1) is 12.6 Å². The molecule has 0 bridgehead atoms. The van der Waals surface area contributed by atoms with Gasteiger partial charge < -0.3 is 14.7 Å². The van der Waals surface area contributed by atoms with Gasteiger partial charge in [-0.2, -0.15) is 0 Å². The molecule has 1 heterocycles. The highest BCUT2D eigenvalue weighted by atomic mass is 16.5. The van der Waals surface area contributed by atoms with Gasteiger partial charge in [0, 0.05) is 5.56 Å². The molecule has 0 fully saturated rings. The van der Waals surface area contributed by atoms with Crippen LogP contribution in [0.5, 0.6) is 0 Å². The summed E-state index contributed by atoms with van der Waals surface area (Å²) in [5, 5.41) is 22.3. The lowest BCUT2D eigenvalue weighted by Gasteiger charge is -2.28. The van der Waals surface area contributed by atoms with Crippen LogP contribution in [-0.4, -0.2) is 21.3 Å². The largest absolute Gasteiger partial charge is 0.481 e. The maximum absolute atomic E-state index is 10.6. The van der Waals surface area contributed by atoms with Gasteiger partial charge in [-0.25, -0.2) is 0 Å². The summed E-state index contributed by atoms with van der Waals surface area (Å²) < 4.78 is 4.91. The fraction of sp³-hybridized carbons (Fsp3) is 0.556. The molecule has 5 heteroatoms. The average Bonchev–Trinajstić information content (AvgIpc) is 2.51. The van der Waals surface area contributed by atoms with Gasteiger partial charge in [0.15, 0.2) is 5.76 Å². The molecular formula is C9H11NO4. The monoisotopic (exact) mass is 197 g/mol. The summed E-state index contributed by atoms with van der Waals surface area (Å²) in [7, 11) is 0. The first-order valence-electron chi connectivity index (χ1n) is 4.50. The smallest absolute Gasteiger partial charge is 0.306 e. The number of aromatic nitrogens is 1. The number of carboxylic acid groups (broad SMARTS) is 1. The van der Waals surface area contributed by atoms with Crippen LogP contribution < -0.4 is 0 Å². The first-order chi connectivity index (χ1) is 6.62. The van der Waals surface area contributed by atoms with Crippen LogP contribution in [0.1, 0.15) is 30.6 Å². The van der Waals surface area contributed by atoms with Crippen molar-refractivity contribution in [1.82, 2.24) is 5.16 Å². The summed E-state index contributed by atoms with van der Waals surface area (Å²) in [6, 6.07) is 0. The Hall–Kier alpha value is -1.36. The molecule has 0 spiro atoms. The number of hydrogen-bond acceptors (Lipinski definition) is 4. The maximum Gasteiger partial charge on any atom is 0.306 e. The number of aryl methyl sites for hydroxylation is 1. The SMILES string of the molecule is O=C(O)CC1(O)CCCc2cnoc21. The van der Waals surface area contributed by atoms with Crippen molar-refractivity contribution in [3.05, 3.63) is 17.5 Å². The second kappa shape index (κ2) is 3.09. The number of aliphatic hydroxyl groups is 1. The number of rotatable bonds is 2. The summed E-state index contributed by atoms with van der Waals surface area (Å²) in [5.41, 5.74) is -0.546. The van der Waals surface area contributed by atoms with Gasteiger partial charge in [0.1, 0.15) is 5.60 Å². The van der Waals surface area contributed by atoms with Crippen LogP contribution >= 0.6 is 0 Å². The third-order valence-electron chi connectivity index (χ3n) is 2.55. The third-order valence-corrected chi connectivity index (χ3v) is 2.55. The fourth-order valence-corrected chi connectivity index (χ4v) is 1.93. The summed E-state index contributed by atoms with van der Waals surface area (Å²) in [6.07, 6.45) is 3.19. The Morgan fingerprint density at radius 3 is 3.21 bits per heavy atom. The van der Waals surface area contributed by atoms with Gasteiger partial charge in [0.2, 0.25) is 0 Å². The standard InChI is InChI=1S/C9H11NO4/c11-7(12)4-9(13)3-1-2-6-5-10-14-8(6)9/h5,13H,1-4H2,(H,11,12). The zero-order valence-electron chi connectivity index (χ0n) is 7.56. The molecular weight excluding hydrogens is 186 g/mol. The minimum atomic E-state index is -1.37. The summed E-state index contributed by atoms with van der Waals surface area (Å²) in [4.78, 5) is 10.6. The van der Waals surface area contributed by atoms with Gasteiger partial charge in [-0.1, -0.05) is 5.16 Å². The number of nitrogens with zero attached hydrogens (tertiary/aromatic N) is 1. The minimum Gasteiger partial charge on any atom is -0.481 e. The van der Waals surface area contributed by atoms with E-state index < -0.39 is 11.6 Å². The summed E-state index contributed by atoms with van der Waals surface area (Å²) in [6.45, 7) is 0. The molecule has 5 nitrogen and oxygen atoms in total. The Kier molecular flexibility index (Phi) is 2.03. The molecule has 1 aliphatic rings. The minimum absolute atomic E-state index is 0.324. The Bertz CT molecular complexity index is 359. The van der Waals surface area contributed by atoms with E-state index in [1.54, 1.807) is 6.20 Å². The van der Waals surface area contributed by atoms with E-state index in [9.17, 15) is 9.90 Å². The second-order valence-corrected chi connectivity index (χ2v) is 3.64. The Morgan fingerprint density at radius 2 is 2.50 bits per heavy atom. The van der Waals surface area contributed by atoms with E-state index in [4.69, 9.17) is 9.63 Å². The third kappa shape index (κ3) is 1.39. The highest BCUT2D eigenvalue weighted by molar-refractivity contribution is 5.68. The maximum atomic E-state index is 10.6. The van der Waals surface area contributed by atoms with Crippen molar-refractivity contribution in [3.63, 3.8) is 0 Å². The van der Waals surface area contributed by atoms with Gasteiger partial charge in [0.25, 0.3) is 0 Å². The molecule has 2 rings (SSSR count). The van der Waals surface area contributed by atoms with E-state index >= 15 is 0 Å². The van der Waals surface area contributed by atoms with Crippen LogP contribution in [0.3, 0.4) is 0 Å². The lowest BCUT2D eigenvalue weighted by molar-refractivity contribution is -0.144. The van der Waals surface area contributed by atoms with Crippen LogP contribution in [0.15, 0.2) is 10.7 Å². The second-order valence-electron chi connectivity index (χ2n) is 3.64. The van der Waals surface area contributed by atoms with E-state index in [0.717, 1.165) is 18.4 Å². The molecule has 0 aromatic carbocycles. The number of carboxylic acids is 1. The summed E-state index contributed by atoms with van der Waals surface area (Å²) in [5.74, 6) is -0.706. The zero-order chi connectivity index (χ0) is 10.2. The topological polar surface area (TPSA) is 83.6 Å². The van der Waals surface area contributed by atoms with Crippen molar-refractivity contribution in [2.75, 3.05) is 0 Å².